The molecule has 1 aliphatic carbocycles. The van der Waals surface area contributed by atoms with Gasteiger partial charge in [-0.05, 0) is 62.5 Å². The molecular formula is C15H25N3OS. The molecule has 1 aromatic rings. The minimum atomic E-state index is 0.203. The summed E-state index contributed by atoms with van der Waals surface area (Å²) in [5.41, 5.74) is 1.37. The number of hydrogen-bond donors (Lipinski definition) is 1. The van der Waals surface area contributed by atoms with E-state index in [1.807, 2.05) is 0 Å². The van der Waals surface area contributed by atoms with Crippen molar-refractivity contribution >= 4 is 11.5 Å². The first-order valence-corrected chi connectivity index (χ1v) is 8.56. The lowest BCUT2D eigenvalue weighted by Gasteiger charge is -2.48. The fraction of sp³-hybridized carbons (Fsp3) is 0.867. The van der Waals surface area contributed by atoms with E-state index in [2.05, 4.69) is 35.8 Å². The largest absolute Gasteiger partial charge is 0.375 e. The molecule has 1 aromatic heterocycles. The molecular weight excluding hydrogens is 270 g/mol. The maximum absolute atomic E-state index is 6.07. The molecule has 2 unspecified atom stereocenters. The van der Waals surface area contributed by atoms with E-state index in [0.29, 0.717) is 17.9 Å². The molecule has 5 heteroatoms. The van der Waals surface area contributed by atoms with Gasteiger partial charge in [0.2, 0.25) is 0 Å². The molecule has 3 rings (SSSR count). The van der Waals surface area contributed by atoms with Crippen molar-refractivity contribution in [2.24, 2.45) is 5.92 Å². The van der Waals surface area contributed by atoms with E-state index in [-0.39, 0.29) is 5.60 Å². The van der Waals surface area contributed by atoms with Gasteiger partial charge in [-0.15, -0.1) is 5.10 Å². The van der Waals surface area contributed by atoms with Crippen molar-refractivity contribution < 1.29 is 4.74 Å². The lowest BCUT2D eigenvalue weighted by atomic mass is 9.70. The molecule has 20 heavy (non-hydrogen) atoms. The summed E-state index contributed by atoms with van der Waals surface area (Å²) in [6.07, 6.45) is 6.16. The molecule has 1 N–H and O–H groups in total. The highest BCUT2D eigenvalue weighted by Crippen LogP contribution is 2.47. The Kier molecular flexibility index (Phi) is 4.11. The predicted molar refractivity (Wildman–Crippen MR) is 81.1 cm³/mol. The van der Waals surface area contributed by atoms with Crippen LogP contribution in [0, 0.1) is 5.92 Å². The zero-order valence-corrected chi connectivity index (χ0v) is 13.5. The van der Waals surface area contributed by atoms with Crippen molar-refractivity contribution in [2.45, 2.75) is 63.5 Å². The SMILES string of the molecule is CNC(c1snnc1C(C)C)C1CCOC2(CCC2)C1. The highest BCUT2D eigenvalue weighted by atomic mass is 32.1. The summed E-state index contributed by atoms with van der Waals surface area (Å²) >= 11 is 1.57. The first-order valence-electron chi connectivity index (χ1n) is 7.78. The number of rotatable bonds is 4. The van der Waals surface area contributed by atoms with E-state index >= 15 is 0 Å². The average molecular weight is 295 g/mol. The van der Waals surface area contributed by atoms with E-state index in [0.717, 1.165) is 13.0 Å². The molecule has 0 radical (unpaired) electrons. The lowest BCUT2D eigenvalue weighted by Crippen LogP contribution is -2.47. The van der Waals surface area contributed by atoms with Crippen molar-refractivity contribution in [3.8, 4) is 0 Å². The van der Waals surface area contributed by atoms with Crippen LogP contribution in [0.3, 0.4) is 0 Å². The minimum absolute atomic E-state index is 0.203. The normalized spacial score (nSPS) is 26.7. The predicted octanol–water partition coefficient (Wildman–Crippen LogP) is 3.27. The standard InChI is InChI=1S/C15H25N3OS/c1-10(2)12-14(20-18-17-12)13(16-3)11-5-8-19-15(9-11)6-4-7-15/h10-11,13,16H,4-9H2,1-3H3. The Hall–Kier alpha value is -0.520. The molecule has 2 fully saturated rings. The van der Waals surface area contributed by atoms with E-state index in [4.69, 9.17) is 4.74 Å². The number of aromatic nitrogens is 2. The Labute approximate surface area is 125 Å². The van der Waals surface area contributed by atoms with Gasteiger partial charge in [0.05, 0.1) is 16.2 Å². The van der Waals surface area contributed by atoms with Crippen LogP contribution >= 0.6 is 11.5 Å². The Balaban J connectivity index is 1.80. The van der Waals surface area contributed by atoms with Gasteiger partial charge in [0.15, 0.2) is 0 Å². The van der Waals surface area contributed by atoms with Crippen molar-refractivity contribution in [3.05, 3.63) is 10.6 Å². The van der Waals surface area contributed by atoms with E-state index in [1.165, 1.54) is 36.3 Å². The third-order valence-electron chi connectivity index (χ3n) is 4.95. The Morgan fingerprint density at radius 3 is 2.80 bits per heavy atom. The van der Waals surface area contributed by atoms with Gasteiger partial charge in [-0.3, -0.25) is 0 Å². The molecule has 4 nitrogen and oxygen atoms in total. The second-order valence-corrected chi connectivity index (χ2v) is 7.37. The van der Waals surface area contributed by atoms with Gasteiger partial charge < -0.3 is 10.1 Å². The van der Waals surface area contributed by atoms with Crippen molar-refractivity contribution in [3.63, 3.8) is 0 Å². The Bertz CT molecular complexity index is 456. The molecule has 2 aliphatic rings. The molecule has 2 heterocycles. The number of ether oxygens (including phenoxy) is 1. The summed E-state index contributed by atoms with van der Waals surface area (Å²) in [6.45, 7) is 5.31. The van der Waals surface area contributed by atoms with Crippen LogP contribution < -0.4 is 5.32 Å². The number of nitrogens with one attached hydrogen (secondary N) is 1. The van der Waals surface area contributed by atoms with Crippen molar-refractivity contribution in [2.75, 3.05) is 13.7 Å². The topological polar surface area (TPSA) is 47.0 Å². The van der Waals surface area contributed by atoms with Crippen LogP contribution in [0.5, 0.6) is 0 Å². The highest BCUT2D eigenvalue weighted by Gasteiger charge is 2.45. The summed E-state index contributed by atoms with van der Waals surface area (Å²) in [4.78, 5) is 1.34. The van der Waals surface area contributed by atoms with Crippen LogP contribution in [0.15, 0.2) is 0 Å². The van der Waals surface area contributed by atoms with Crippen LogP contribution in [-0.2, 0) is 4.74 Å². The Morgan fingerprint density at radius 2 is 2.20 bits per heavy atom. The van der Waals surface area contributed by atoms with E-state index in [1.54, 1.807) is 11.5 Å². The smallest absolute Gasteiger partial charge is 0.0829 e. The molecule has 1 aliphatic heterocycles. The van der Waals surface area contributed by atoms with Crippen LogP contribution in [0.2, 0.25) is 0 Å². The highest BCUT2D eigenvalue weighted by molar-refractivity contribution is 7.05. The van der Waals surface area contributed by atoms with Gasteiger partial charge in [0, 0.05) is 12.6 Å². The summed E-state index contributed by atoms with van der Waals surface area (Å²) in [7, 11) is 2.07. The quantitative estimate of drug-likeness (QED) is 0.926. The molecule has 112 valence electrons. The maximum atomic E-state index is 6.07. The lowest BCUT2D eigenvalue weighted by molar-refractivity contribution is -0.147. The maximum Gasteiger partial charge on any atom is 0.0829 e. The van der Waals surface area contributed by atoms with Gasteiger partial charge in [0.25, 0.3) is 0 Å². The average Bonchev–Trinajstić information content (AvgIpc) is 2.88. The van der Waals surface area contributed by atoms with Crippen molar-refractivity contribution in [1.29, 1.82) is 0 Å². The summed E-state index contributed by atoms with van der Waals surface area (Å²) in [5, 5.41) is 7.88. The van der Waals surface area contributed by atoms with Gasteiger partial charge in [-0.1, -0.05) is 18.3 Å². The summed E-state index contributed by atoms with van der Waals surface area (Å²) in [5.74, 6) is 1.09. The second-order valence-electron chi connectivity index (χ2n) is 6.58. The zero-order chi connectivity index (χ0) is 14.2. The first-order chi connectivity index (χ1) is 9.65. The Morgan fingerprint density at radius 1 is 1.40 bits per heavy atom. The molecule has 0 bridgehead atoms. The fourth-order valence-corrected chi connectivity index (χ4v) is 4.68. The monoisotopic (exact) mass is 295 g/mol. The van der Waals surface area contributed by atoms with Crippen molar-refractivity contribution in [1.82, 2.24) is 14.9 Å². The molecule has 1 spiro atoms. The molecule has 0 amide bonds. The van der Waals surface area contributed by atoms with Gasteiger partial charge in [-0.25, -0.2) is 0 Å². The van der Waals surface area contributed by atoms with Gasteiger partial charge in [-0.2, -0.15) is 0 Å². The number of nitrogens with zero attached hydrogens (tertiary/aromatic N) is 2. The minimum Gasteiger partial charge on any atom is -0.375 e. The zero-order valence-electron chi connectivity index (χ0n) is 12.7. The van der Waals surface area contributed by atoms with Gasteiger partial charge in [0.1, 0.15) is 0 Å². The summed E-state index contributed by atoms with van der Waals surface area (Å²) in [6, 6.07) is 0.383. The second kappa shape index (κ2) is 5.70. The third-order valence-corrected chi connectivity index (χ3v) is 5.77. The summed E-state index contributed by atoms with van der Waals surface area (Å²) < 4.78 is 10.3. The van der Waals surface area contributed by atoms with E-state index in [9.17, 15) is 0 Å². The molecule has 2 atom stereocenters. The van der Waals surface area contributed by atoms with E-state index < -0.39 is 0 Å². The van der Waals surface area contributed by atoms with Gasteiger partial charge >= 0.3 is 0 Å². The molecule has 1 saturated heterocycles. The fourth-order valence-electron chi connectivity index (χ4n) is 3.67. The van der Waals surface area contributed by atoms with Crippen LogP contribution in [-0.4, -0.2) is 28.8 Å². The first kappa shape index (κ1) is 14.4. The van der Waals surface area contributed by atoms with Crippen LogP contribution in [0.1, 0.15) is 68.5 Å². The number of hydrogen-bond acceptors (Lipinski definition) is 5. The molecule has 0 aromatic carbocycles. The molecule has 1 saturated carbocycles. The van der Waals surface area contributed by atoms with Crippen LogP contribution in [0.4, 0.5) is 0 Å². The third kappa shape index (κ3) is 2.51. The van der Waals surface area contributed by atoms with Crippen LogP contribution in [0.25, 0.3) is 0 Å².